The quantitative estimate of drug-likeness (QED) is 0.746. The van der Waals surface area contributed by atoms with Gasteiger partial charge in [-0.05, 0) is 67.6 Å². The van der Waals surface area contributed by atoms with Gasteiger partial charge in [0.15, 0.2) is 0 Å². The monoisotopic (exact) mass is 310 g/mol. The lowest BCUT2D eigenvalue weighted by atomic mass is 9.86. The number of carbonyl (C=O) groups excluding carboxylic acids is 1. The predicted octanol–water partition coefficient (Wildman–Crippen LogP) is 2.88. The van der Waals surface area contributed by atoms with E-state index < -0.39 is 0 Å². The van der Waals surface area contributed by atoms with Crippen LogP contribution in [-0.2, 0) is 6.42 Å². The van der Waals surface area contributed by atoms with Crippen molar-refractivity contribution in [2.24, 2.45) is 5.10 Å². The second-order valence-corrected chi connectivity index (χ2v) is 5.65. The van der Waals surface area contributed by atoms with Crippen LogP contribution in [0.15, 0.2) is 41.5 Å². The number of nitrogens with one attached hydrogen (secondary N) is 1. The van der Waals surface area contributed by atoms with Gasteiger partial charge in [-0.3, -0.25) is 4.79 Å². The summed E-state index contributed by atoms with van der Waals surface area (Å²) in [5, 5.41) is 23.6. The smallest absolute Gasteiger partial charge is 0.271 e. The van der Waals surface area contributed by atoms with Gasteiger partial charge in [0.25, 0.3) is 5.91 Å². The average molecular weight is 310 g/mol. The van der Waals surface area contributed by atoms with E-state index in [9.17, 15) is 15.0 Å². The molecule has 3 N–H and O–H groups in total. The first-order valence-electron chi connectivity index (χ1n) is 7.54. The van der Waals surface area contributed by atoms with Crippen molar-refractivity contribution in [1.29, 1.82) is 0 Å². The number of phenols is 2. The molecule has 0 atom stereocenters. The van der Waals surface area contributed by atoms with Crippen molar-refractivity contribution >= 4 is 11.6 Å². The number of benzene rings is 2. The Morgan fingerprint density at radius 3 is 2.57 bits per heavy atom. The van der Waals surface area contributed by atoms with Crippen LogP contribution in [0.4, 0.5) is 0 Å². The van der Waals surface area contributed by atoms with E-state index in [-0.39, 0.29) is 17.4 Å². The highest BCUT2D eigenvalue weighted by Crippen LogP contribution is 2.31. The van der Waals surface area contributed by atoms with Crippen LogP contribution in [-0.4, -0.2) is 21.8 Å². The summed E-state index contributed by atoms with van der Waals surface area (Å²) < 4.78 is 0. The number of aryl methyl sites for hydroxylation is 1. The Morgan fingerprint density at radius 2 is 1.83 bits per heavy atom. The van der Waals surface area contributed by atoms with Crippen molar-refractivity contribution < 1.29 is 15.0 Å². The third-order valence-electron chi connectivity index (χ3n) is 4.08. The first kappa shape index (κ1) is 15.1. The first-order chi connectivity index (χ1) is 11.1. The Bertz CT molecular complexity index is 780. The molecule has 2 aromatic carbocycles. The van der Waals surface area contributed by atoms with Crippen LogP contribution in [0.1, 0.15) is 39.9 Å². The lowest BCUT2D eigenvalue weighted by Crippen LogP contribution is -2.22. The summed E-state index contributed by atoms with van der Waals surface area (Å²) in [6, 6.07) is 9.52. The van der Waals surface area contributed by atoms with Crippen LogP contribution in [0, 0.1) is 6.92 Å². The third kappa shape index (κ3) is 3.04. The summed E-state index contributed by atoms with van der Waals surface area (Å²) >= 11 is 0. The summed E-state index contributed by atoms with van der Waals surface area (Å²) in [4.78, 5) is 12.1. The molecule has 1 aliphatic carbocycles. The number of carbonyl (C=O) groups is 1. The molecule has 23 heavy (non-hydrogen) atoms. The zero-order valence-corrected chi connectivity index (χ0v) is 12.8. The van der Waals surface area contributed by atoms with Crippen LogP contribution in [0.25, 0.3) is 0 Å². The second kappa shape index (κ2) is 6.12. The molecule has 0 aliphatic heterocycles. The standard InChI is InChI=1S/C18H18N2O3/c1-11-5-10-16(22)17-14(11)3-2-4-15(17)19-20-18(23)12-6-8-13(21)9-7-12/h5-10,21-22H,2-4H2,1H3,(H,20,23)/b19-15+. The van der Waals surface area contributed by atoms with Gasteiger partial charge in [-0.1, -0.05) is 6.07 Å². The molecule has 0 aromatic heterocycles. The number of hydrazone groups is 1. The van der Waals surface area contributed by atoms with Gasteiger partial charge in [-0.25, -0.2) is 5.43 Å². The Kier molecular flexibility index (Phi) is 4.02. The highest BCUT2D eigenvalue weighted by molar-refractivity contribution is 6.06. The van der Waals surface area contributed by atoms with Gasteiger partial charge in [0.1, 0.15) is 11.5 Å². The molecule has 2 aromatic rings. The van der Waals surface area contributed by atoms with E-state index >= 15 is 0 Å². The normalized spacial score (nSPS) is 15.3. The van der Waals surface area contributed by atoms with Gasteiger partial charge >= 0.3 is 0 Å². The van der Waals surface area contributed by atoms with Gasteiger partial charge in [0, 0.05) is 11.1 Å². The molecule has 0 unspecified atom stereocenters. The summed E-state index contributed by atoms with van der Waals surface area (Å²) in [5.74, 6) is -0.0471. The maximum Gasteiger partial charge on any atom is 0.271 e. The third-order valence-corrected chi connectivity index (χ3v) is 4.08. The maximum atomic E-state index is 12.1. The van der Waals surface area contributed by atoms with E-state index in [2.05, 4.69) is 10.5 Å². The van der Waals surface area contributed by atoms with Crippen LogP contribution in [0.3, 0.4) is 0 Å². The van der Waals surface area contributed by atoms with E-state index in [1.165, 1.54) is 24.3 Å². The Morgan fingerprint density at radius 1 is 1.09 bits per heavy atom. The minimum absolute atomic E-state index is 0.106. The van der Waals surface area contributed by atoms with Gasteiger partial charge in [0.05, 0.1) is 5.71 Å². The van der Waals surface area contributed by atoms with Crippen molar-refractivity contribution in [2.75, 3.05) is 0 Å². The molecule has 0 heterocycles. The minimum atomic E-state index is -0.350. The van der Waals surface area contributed by atoms with Gasteiger partial charge < -0.3 is 10.2 Å². The summed E-state index contributed by atoms with van der Waals surface area (Å²) in [7, 11) is 0. The lowest BCUT2D eigenvalue weighted by Gasteiger charge is -2.21. The Balaban J connectivity index is 1.86. The number of fused-ring (bicyclic) bond motifs is 1. The van der Waals surface area contributed by atoms with Crippen molar-refractivity contribution in [3.05, 3.63) is 58.7 Å². The molecule has 1 aliphatic rings. The van der Waals surface area contributed by atoms with Crippen molar-refractivity contribution in [3.63, 3.8) is 0 Å². The number of phenolic OH excluding ortho intramolecular Hbond substituents is 2. The molecule has 118 valence electrons. The zero-order chi connectivity index (χ0) is 16.4. The number of hydrogen-bond acceptors (Lipinski definition) is 4. The molecule has 3 rings (SSSR count). The fourth-order valence-corrected chi connectivity index (χ4v) is 2.85. The van der Waals surface area contributed by atoms with Gasteiger partial charge in [-0.2, -0.15) is 5.10 Å². The van der Waals surface area contributed by atoms with Crippen molar-refractivity contribution in [3.8, 4) is 11.5 Å². The summed E-state index contributed by atoms with van der Waals surface area (Å²) in [5.41, 5.74) is 6.59. The molecule has 1 amide bonds. The summed E-state index contributed by atoms with van der Waals surface area (Å²) in [6.45, 7) is 2.01. The van der Waals surface area contributed by atoms with Crippen LogP contribution >= 0.6 is 0 Å². The topological polar surface area (TPSA) is 81.9 Å². The van der Waals surface area contributed by atoms with Gasteiger partial charge in [0.2, 0.25) is 0 Å². The average Bonchev–Trinajstić information content (AvgIpc) is 2.56. The number of amides is 1. The van der Waals surface area contributed by atoms with Crippen LogP contribution in [0.2, 0.25) is 0 Å². The van der Waals surface area contributed by atoms with E-state index in [4.69, 9.17) is 0 Å². The maximum absolute atomic E-state index is 12.1. The molecule has 0 saturated heterocycles. The Labute approximate surface area is 134 Å². The molecule has 5 nitrogen and oxygen atoms in total. The van der Waals surface area contributed by atoms with Gasteiger partial charge in [-0.15, -0.1) is 0 Å². The van der Waals surface area contributed by atoms with E-state index in [1.54, 1.807) is 6.07 Å². The number of nitrogens with zero attached hydrogens (tertiary/aromatic N) is 1. The van der Waals surface area contributed by atoms with Crippen LogP contribution < -0.4 is 5.43 Å². The van der Waals surface area contributed by atoms with Crippen molar-refractivity contribution in [2.45, 2.75) is 26.2 Å². The largest absolute Gasteiger partial charge is 0.508 e. The molecule has 0 bridgehead atoms. The summed E-state index contributed by atoms with van der Waals surface area (Å²) in [6.07, 6.45) is 2.55. The van der Waals surface area contributed by atoms with E-state index in [0.29, 0.717) is 17.7 Å². The van der Waals surface area contributed by atoms with Crippen LogP contribution in [0.5, 0.6) is 11.5 Å². The second-order valence-electron chi connectivity index (χ2n) is 5.65. The fourth-order valence-electron chi connectivity index (χ4n) is 2.85. The molecular formula is C18H18N2O3. The zero-order valence-electron chi connectivity index (χ0n) is 12.8. The van der Waals surface area contributed by atoms with E-state index in [0.717, 1.165) is 29.5 Å². The highest BCUT2D eigenvalue weighted by atomic mass is 16.3. The van der Waals surface area contributed by atoms with E-state index in [1.807, 2.05) is 13.0 Å². The van der Waals surface area contributed by atoms with Crippen molar-refractivity contribution in [1.82, 2.24) is 5.43 Å². The minimum Gasteiger partial charge on any atom is -0.508 e. The number of aromatic hydroxyl groups is 2. The molecule has 0 radical (unpaired) electrons. The number of rotatable bonds is 2. The predicted molar refractivity (Wildman–Crippen MR) is 87.9 cm³/mol. The Hall–Kier alpha value is -2.82. The first-order valence-corrected chi connectivity index (χ1v) is 7.54. The molecule has 0 fully saturated rings. The molecular weight excluding hydrogens is 292 g/mol. The molecule has 0 saturated carbocycles. The lowest BCUT2D eigenvalue weighted by molar-refractivity contribution is 0.0954. The molecule has 5 heteroatoms. The fraction of sp³-hybridized carbons (Fsp3) is 0.222. The number of hydrogen-bond donors (Lipinski definition) is 3. The molecule has 0 spiro atoms. The highest BCUT2D eigenvalue weighted by Gasteiger charge is 2.21. The SMILES string of the molecule is Cc1ccc(O)c2c1CCC/C2=N\NC(=O)c1ccc(O)cc1.